The first kappa shape index (κ1) is 13.5. The Kier molecular flexibility index (Phi) is 3.27. The Labute approximate surface area is 111 Å². The molecule has 0 fully saturated rings. The lowest BCUT2D eigenvalue weighted by molar-refractivity contribution is 0.177. The van der Waals surface area contributed by atoms with Crippen LogP contribution < -0.4 is 14.8 Å². The van der Waals surface area contributed by atoms with Crippen LogP contribution >= 0.6 is 0 Å². The number of hydrogen-bond donors (Lipinski definition) is 2. The molecule has 1 amide bonds. The van der Waals surface area contributed by atoms with Gasteiger partial charge in [0.25, 0.3) is 0 Å². The number of rotatable bonds is 2. The van der Waals surface area contributed by atoms with Crippen LogP contribution in [0, 0.1) is 6.92 Å². The van der Waals surface area contributed by atoms with Gasteiger partial charge in [0.2, 0.25) is 0 Å². The lowest BCUT2D eigenvalue weighted by Crippen LogP contribution is -2.42. The minimum Gasteiger partial charge on any atom is -0.452 e. The normalized spacial score (nSPS) is 14.1. The number of methoxy groups -OCH3 is 1. The summed E-state index contributed by atoms with van der Waals surface area (Å²) in [6, 6.07) is 3.46. The number of carbonyl (C=O) groups excluding carboxylic acids is 1. The molecule has 0 saturated carbocycles. The van der Waals surface area contributed by atoms with Crippen LogP contribution in [0.5, 0.6) is 0 Å². The van der Waals surface area contributed by atoms with Gasteiger partial charge in [-0.15, -0.1) is 0 Å². The van der Waals surface area contributed by atoms with Gasteiger partial charge in [-0.05, 0) is 30.5 Å². The molecule has 0 spiro atoms. The molecule has 0 unspecified atom stereocenters. The number of nitrogens with two attached hydrogens (primary N) is 1. The monoisotopic (exact) mass is 285 g/mol. The van der Waals surface area contributed by atoms with Crippen molar-refractivity contribution >= 4 is 27.7 Å². The fourth-order valence-corrected chi connectivity index (χ4v) is 3.16. The van der Waals surface area contributed by atoms with E-state index in [2.05, 4.69) is 4.74 Å². The molecule has 2 rings (SSSR count). The van der Waals surface area contributed by atoms with Gasteiger partial charge in [-0.3, -0.25) is 4.31 Å². The van der Waals surface area contributed by atoms with Crippen LogP contribution in [0.2, 0.25) is 0 Å². The van der Waals surface area contributed by atoms with E-state index in [4.69, 9.17) is 5.73 Å². The Morgan fingerprint density at radius 3 is 2.79 bits per heavy atom. The number of hydrogen-bond acceptors (Lipinski definition) is 5. The van der Waals surface area contributed by atoms with Crippen LogP contribution in [0.15, 0.2) is 12.1 Å². The highest BCUT2D eigenvalue weighted by Crippen LogP contribution is 2.33. The molecule has 1 aliphatic heterocycles. The summed E-state index contributed by atoms with van der Waals surface area (Å²) in [5.74, 6) is 0. The average molecular weight is 285 g/mol. The number of benzene rings is 1. The van der Waals surface area contributed by atoms with Crippen LogP contribution in [0.1, 0.15) is 11.1 Å². The van der Waals surface area contributed by atoms with Crippen molar-refractivity contribution in [1.29, 1.82) is 0 Å². The average Bonchev–Trinajstić information content (AvgIpc) is 2.72. The summed E-state index contributed by atoms with van der Waals surface area (Å²) in [5, 5.41) is 0. The second-order valence-corrected chi connectivity index (χ2v) is 5.85. The van der Waals surface area contributed by atoms with Gasteiger partial charge in [-0.1, -0.05) is 6.07 Å². The van der Waals surface area contributed by atoms with Gasteiger partial charge in [0.05, 0.1) is 12.8 Å². The second-order valence-electron chi connectivity index (χ2n) is 4.26. The summed E-state index contributed by atoms with van der Waals surface area (Å²) >= 11 is 0. The van der Waals surface area contributed by atoms with E-state index in [9.17, 15) is 13.2 Å². The maximum Gasteiger partial charge on any atom is 0.422 e. The highest BCUT2D eigenvalue weighted by atomic mass is 32.2. The lowest BCUT2D eigenvalue weighted by Gasteiger charge is -2.19. The van der Waals surface area contributed by atoms with Gasteiger partial charge in [-0.2, -0.15) is 8.42 Å². The summed E-state index contributed by atoms with van der Waals surface area (Å²) in [4.78, 5) is 11.1. The topological polar surface area (TPSA) is 102 Å². The molecule has 0 saturated heterocycles. The minimum atomic E-state index is -3.96. The van der Waals surface area contributed by atoms with E-state index in [0.29, 0.717) is 17.8 Å². The smallest absolute Gasteiger partial charge is 0.422 e. The fourth-order valence-electron chi connectivity index (χ4n) is 2.00. The number of amides is 1. The molecule has 0 bridgehead atoms. The van der Waals surface area contributed by atoms with Crippen LogP contribution in [0.25, 0.3) is 0 Å². The van der Waals surface area contributed by atoms with E-state index in [1.54, 1.807) is 6.07 Å². The first-order valence-electron chi connectivity index (χ1n) is 5.62. The standard InChI is InChI=1S/C11H15N3O4S/c1-7-5-8-3-4-14(10(8)6-9(7)12)19(16,17)13-11(15)18-2/h5-6H,3-4,12H2,1-2H3,(H,13,15). The lowest BCUT2D eigenvalue weighted by atomic mass is 10.1. The predicted octanol–water partition coefficient (Wildman–Crippen LogP) is 0.541. The van der Waals surface area contributed by atoms with Crippen LogP contribution in [-0.4, -0.2) is 28.2 Å². The summed E-state index contributed by atoms with van der Waals surface area (Å²) < 4.78 is 31.3. The van der Waals surface area contributed by atoms with Crippen molar-refractivity contribution in [3.05, 3.63) is 23.3 Å². The summed E-state index contributed by atoms with van der Waals surface area (Å²) in [7, 11) is -2.86. The molecule has 0 radical (unpaired) electrons. The third-order valence-electron chi connectivity index (χ3n) is 3.01. The van der Waals surface area contributed by atoms with E-state index in [0.717, 1.165) is 22.5 Å². The molecule has 7 nitrogen and oxygen atoms in total. The van der Waals surface area contributed by atoms with E-state index >= 15 is 0 Å². The Balaban J connectivity index is 2.37. The van der Waals surface area contributed by atoms with E-state index in [1.165, 1.54) is 0 Å². The first-order valence-corrected chi connectivity index (χ1v) is 7.06. The molecule has 104 valence electrons. The molecule has 1 heterocycles. The van der Waals surface area contributed by atoms with Gasteiger partial charge in [0, 0.05) is 12.2 Å². The molecule has 1 aromatic carbocycles. The van der Waals surface area contributed by atoms with E-state index in [1.807, 2.05) is 17.7 Å². The molecule has 19 heavy (non-hydrogen) atoms. The number of fused-ring (bicyclic) bond motifs is 1. The fraction of sp³-hybridized carbons (Fsp3) is 0.364. The quantitative estimate of drug-likeness (QED) is 0.772. The van der Waals surface area contributed by atoms with Gasteiger partial charge in [-0.25, -0.2) is 9.52 Å². The largest absolute Gasteiger partial charge is 0.452 e. The zero-order valence-corrected chi connectivity index (χ0v) is 11.5. The summed E-state index contributed by atoms with van der Waals surface area (Å²) in [5.41, 5.74) is 8.60. The van der Waals surface area contributed by atoms with Crippen molar-refractivity contribution in [2.75, 3.05) is 23.7 Å². The first-order chi connectivity index (χ1) is 8.85. The number of nitrogens with zero attached hydrogens (tertiary/aromatic N) is 1. The Bertz CT molecular complexity index is 627. The van der Waals surface area contributed by atoms with Crippen molar-refractivity contribution in [3.8, 4) is 0 Å². The summed E-state index contributed by atoms with van der Waals surface area (Å²) in [6.07, 6.45) is -0.438. The van der Waals surface area contributed by atoms with Gasteiger partial charge in [0.1, 0.15) is 0 Å². The van der Waals surface area contributed by atoms with Crippen molar-refractivity contribution < 1.29 is 17.9 Å². The Morgan fingerprint density at radius 1 is 1.47 bits per heavy atom. The van der Waals surface area contributed by atoms with Crippen molar-refractivity contribution in [1.82, 2.24) is 4.72 Å². The molecule has 1 aromatic rings. The molecular weight excluding hydrogens is 270 g/mol. The molecule has 0 aliphatic carbocycles. The van der Waals surface area contributed by atoms with Gasteiger partial charge >= 0.3 is 16.3 Å². The molecule has 0 aromatic heterocycles. The number of nitrogens with one attached hydrogen (secondary N) is 1. The van der Waals surface area contributed by atoms with Crippen LogP contribution in [0.4, 0.5) is 16.2 Å². The zero-order valence-electron chi connectivity index (χ0n) is 10.6. The number of carbonyl (C=O) groups is 1. The number of anilines is 2. The number of nitrogen functional groups attached to an aromatic ring is 1. The zero-order chi connectivity index (χ0) is 14.2. The highest BCUT2D eigenvalue weighted by molar-refractivity contribution is 7.91. The van der Waals surface area contributed by atoms with Gasteiger partial charge < -0.3 is 10.5 Å². The third kappa shape index (κ3) is 2.43. The molecular formula is C11H15N3O4S. The highest BCUT2D eigenvalue weighted by Gasteiger charge is 2.31. The minimum absolute atomic E-state index is 0.268. The molecule has 1 aliphatic rings. The van der Waals surface area contributed by atoms with E-state index in [-0.39, 0.29) is 6.54 Å². The number of aryl methyl sites for hydroxylation is 1. The van der Waals surface area contributed by atoms with Crippen molar-refractivity contribution in [3.63, 3.8) is 0 Å². The second kappa shape index (κ2) is 4.61. The molecule has 8 heteroatoms. The third-order valence-corrected chi connectivity index (χ3v) is 4.39. The number of ether oxygens (including phenoxy) is 1. The summed E-state index contributed by atoms with van der Waals surface area (Å²) in [6.45, 7) is 2.13. The van der Waals surface area contributed by atoms with Crippen LogP contribution in [-0.2, 0) is 21.4 Å². The maximum atomic E-state index is 12.0. The Morgan fingerprint density at radius 2 is 2.16 bits per heavy atom. The Hall–Kier alpha value is -1.96. The SMILES string of the molecule is COC(=O)NS(=O)(=O)N1CCc2cc(C)c(N)cc21. The van der Waals surface area contributed by atoms with E-state index < -0.39 is 16.3 Å². The van der Waals surface area contributed by atoms with Crippen molar-refractivity contribution in [2.45, 2.75) is 13.3 Å². The van der Waals surface area contributed by atoms with Crippen molar-refractivity contribution in [2.24, 2.45) is 0 Å². The molecule has 3 N–H and O–H groups in total. The van der Waals surface area contributed by atoms with Gasteiger partial charge in [0.15, 0.2) is 0 Å². The predicted molar refractivity (Wildman–Crippen MR) is 71.1 cm³/mol. The van der Waals surface area contributed by atoms with Crippen LogP contribution in [0.3, 0.4) is 0 Å². The maximum absolute atomic E-state index is 12.0. The molecule has 0 atom stereocenters.